The molecule has 0 amide bonds. The zero-order valence-electron chi connectivity index (χ0n) is 11.0. The van der Waals surface area contributed by atoms with E-state index in [2.05, 4.69) is 31.0 Å². The molecule has 0 atom stereocenters. The molecule has 18 heavy (non-hydrogen) atoms. The van der Waals surface area contributed by atoms with Gasteiger partial charge in [-0.25, -0.2) is 4.98 Å². The molecule has 0 aliphatic heterocycles. The number of hydrogen-bond donors (Lipinski definition) is 0. The van der Waals surface area contributed by atoms with Gasteiger partial charge in [-0.05, 0) is 37.0 Å². The van der Waals surface area contributed by atoms with Gasteiger partial charge in [-0.2, -0.15) is 0 Å². The first-order valence-electron chi connectivity index (χ1n) is 6.01. The van der Waals surface area contributed by atoms with Crippen LogP contribution in [0.3, 0.4) is 0 Å². The third-order valence-electron chi connectivity index (χ3n) is 3.15. The average molecular weight is 262 g/mol. The van der Waals surface area contributed by atoms with E-state index in [0.717, 1.165) is 28.3 Å². The van der Waals surface area contributed by atoms with Gasteiger partial charge in [-0.3, -0.25) is 4.79 Å². The second kappa shape index (κ2) is 4.69. The Morgan fingerprint density at radius 1 is 1.28 bits per heavy atom. The summed E-state index contributed by atoms with van der Waals surface area (Å²) in [5.74, 6) is 0.231. The van der Waals surface area contributed by atoms with Gasteiger partial charge in [0.05, 0.1) is 11.1 Å². The lowest BCUT2D eigenvalue weighted by Crippen LogP contribution is -2.02. The third-order valence-corrected chi connectivity index (χ3v) is 3.44. The second-order valence-corrected chi connectivity index (χ2v) is 5.34. The molecule has 3 heteroatoms. The van der Waals surface area contributed by atoms with Gasteiger partial charge in [0.2, 0.25) is 0 Å². The molecule has 1 heterocycles. The summed E-state index contributed by atoms with van der Waals surface area (Å²) < 4.78 is 0. The summed E-state index contributed by atoms with van der Waals surface area (Å²) in [7, 11) is 0. The van der Waals surface area contributed by atoms with E-state index >= 15 is 0 Å². The Morgan fingerprint density at radius 2 is 1.94 bits per heavy atom. The van der Waals surface area contributed by atoms with Crippen molar-refractivity contribution in [3.05, 3.63) is 39.5 Å². The molecule has 0 aliphatic rings. The lowest BCUT2D eigenvalue weighted by atomic mass is 9.92. The van der Waals surface area contributed by atoms with Crippen LogP contribution in [-0.2, 0) is 0 Å². The van der Waals surface area contributed by atoms with Crippen molar-refractivity contribution < 1.29 is 4.79 Å². The van der Waals surface area contributed by atoms with Crippen LogP contribution in [-0.4, -0.2) is 11.3 Å². The van der Waals surface area contributed by atoms with Crippen LogP contribution in [0.5, 0.6) is 0 Å². The molecular weight excluding hydrogens is 246 g/mol. The van der Waals surface area contributed by atoms with Crippen molar-refractivity contribution in [1.82, 2.24) is 4.98 Å². The molecule has 0 saturated carbocycles. The summed E-state index contributed by atoms with van der Waals surface area (Å²) in [6, 6.07) is 4.16. The number of pyridine rings is 1. The fourth-order valence-corrected chi connectivity index (χ4v) is 2.69. The number of nitrogens with zero attached hydrogens (tertiary/aromatic N) is 1. The minimum Gasteiger partial charge on any atom is -0.298 e. The van der Waals surface area contributed by atoms with Crippen molar-refractivity contribution in [3.63, 3.8) is 0 Å². The van der Waals surface area contributed by atoms with Crippen LogP contribution in [0.2, 0.25) is 5.15 Å². The number of aryl methyl sites for hydroxylation is 2. The average Bonchev–Trinajstić information content (AvgIpc) is 2.28. The number of benzene rings is 1. The molecule has 0 fully saturated rings. The number of aromatic nitrogens is 1. The summed E-state index contributed by atoms with van der Waals surface area (Å²) in [4.78, 5) is 15.6. The van der Waals surface area contributed by atoms with E-state index in [1.165, 1.54) is 5.56 Å². The zero-order chi connectivity index (χ0) is 13.4. The van der Waals surface area contributed by atoms with Crippen LogP contribution in [0.4, 0.5) is 0 Å². The molecule has 2 nitrogen and oxygen atoms in total. The molecule has 1 aromatic heterocycles. The third kappa shape index (κ3) is 2.01. The summed E-state index contributed by atoms with van der Waals surface area (Å²) >= 11 is 6.12. The van der Waals surface area contributed by atoms with E-state index in [9.17, 15) is 4.79 Å². The van der Waals surface area contributed by atoms with Crippen LogP contribution >= 0.6 is 11.6 Å². The number of halogens is 1. The Morgan fingerprint density at radius 3 is 2.50 bits per heavy atom. The Labute approximate surface area is 112 Å². The van der Waals surface area contributed by atoms with Crippen molar-refractivity contribution in [3.8, 4) is 0 Å². The fourth-order valence-electron chi connectivity index (χ4n) is 2.46. The summed E-state index contributed by atoms with van der Waals surface area (Å²) in [6.07, 6.45) is 0.807. The molecule has 0 N–H and O–H groups in total. The topological polar surface area (TPSA) is 30.0 Å². The zero-order valence-corrected chi connectivity index (χ0v) is 11.8. The highest BCUT2D eigenvalue weighted by atomic mass is 35.5. The molecule has 2 aromatic rings. The molecule has 0 spiro atoms. The predicted molar refractivity (Wildman–Crippen MR) is 75.7 cm³/mol. The maximum absolute atomic E-state index is 11.2. The first-order chi connectivity index (χ1) is 8.45. The van der Waals surface area contributed by atoms with Crippen molar-refractivity contribution >= 4 is 28.8 Å². The largest absolute Gasteiger partial charge is 0.298 e. The van der Waals surface area contributed by atoms with Crippen LogP contribution in [0.25, 0.3) is 10.9 Å². The summed E-state index contributed by atoms with van der Waals surface area (Å²) in [5, 5.41) is 1.34. The molecule has 0 saturated heterocycles. The normalized spacial score (nSPS) is 11.2. The monoisotopic (exact) mass is 261 g/mol. The lowest BCUT2D eigenvalue weighted by Gasteiger charge is -2.15. The van der Waals surface area contributed by atoms with E-state index < -0.39 is 0 Å². The van der Waals surface area contributed by atoms with Crippen LogP contribution in [0, 0.1) is 13.8 Å². The van der Waals surface area contributed by atoms with E-state index in [4.69, 9.17) is 11.6 Å². The van der Waals surface area contributed by atoms with Gasteiger partial charge in [0.25, 0.3) is 0 Å². The Kier molecular flexibility index (Phi) is 3.40. The van der Waals surface area contributed by atoms with Crippen molar-refractivity contribution in [2.75, 3.05) is 0 Å². The second-order valence-electron chi connectivity index (χ2n) is 4.98. The number of carbonyl (C=O) groups excluding carboxylic acids is 1. The first kappa shape index (κ1) is 13.0. The predicted octanol–water partition coefficient (Wildman–Crippen LogP) is 4.44. The highest BCUT2D eigenvalue weighted by molar-refractivity contribution is 6.32. The van der Waals surface area contributed by atoms with Crippen molar-refractivity contribution in [2.24, 2.45) is 0 Å². The number of carbonyl (C=O) groups is 1. The first-order valence-corrected chi connectivity index (χ1v) is 6.39. The number of aldehydes is 1. The molecule has 0 bridgehead atoms. The standard InChI is InChI=1S/C15H16ClNO/c1-8(2)13-11-6-9(3)5-10(4)14(11)17-15(16)12(13)7-18/h5-8H,1-4H3. The van der Waals surface area contributed by atoms with Gasteiger partial charge in [-0.15, -0.1) is 0 Å². The van der Waals surface area contributed by atoms with Gasteiger partial charge < -0.3 is 0 Å². The molecule has 94 valence electrons. The van der Waals surface area contributed by atoms with Crippen LogP contribution in [0.1, 0.15) is 46.8 Å². The lowest BCUT2D eigenvalue weighted by molar-refractivity contribution is 0.112. The van der Waals surface area contributed by atoms with Gasteiger partial charge in [0, 0.05) is 5.39 Å². The van der Waals surface area contributed by atoms with E-state index in [1.807, 2.05) is 13.8 Å². The molecule has 1 aromatic carbocycles. The van der Waals surface area contributed by atoms with Gasteiger partial charge in [0.15, 0.2) is 6.29 Å². The minimum atomic E-state index is 0.231. The molecule has 0 aliphatic carbocycles. The van der Waals surface area contributed by atoms with Crippen molar-refractivity contribution in [2.45, 2.75) is 33.6 Å². The van der Waals surface area contributed by atoms with E-state index in [-0.39, 0.29) is 5.92 Å². The Balaban J connectivity index is 3.01. The minimum absolute atomic E-state index is 0.231. The maximum Gasteiger partial charge on any atom is 0.153 e. The number of rotatable bonds is 2. The van der Waals surface area contributed by atoms with Crippen molar-refractivity contribution in [1.29, 1.82) is 0 Å². The SMILES string of the molecule is Cc1cc(C)c2nc(Cl)c(C=O)c(C(C)C)c2c1. The molecule has 2 rings (SSSR count). The highest BCUT2D eigenvalue weighted by Gasteiger charge is 2.17. The van der Waals surface area contributed by atoms with Crippen LogP contribution < -0.4 is 0 Å². The van der Waals surface area contributed by atoms with E-state index in [1.54, 1.807) is 0 Å². The molecule has 0 unspecified atom stereocenters. The number of hydrogen-bond acceptors (Lipinski definition) is 2. The molecule has 0 radical (unpaired) electrons. The van der Waals surface area contributed by atoms with Gasteiger partial charge in [0.1, 0.15) is 5.15 Å². The molecular formula is C15H16ClNO. The Bertz CT molecular complexity index is 632. The number of fused-ring (bicyclic) bond motifs is 1. The smallest absolute Gasteiger partial charge is 0.153 e. The quantitative estimate of drug-likeness (QED) is 0.591. The fraction of sp³-hybridized carbons (Fsp3) is 0.333. The summed E-state index contributed by atoms with van der Waals surface area (Å²) in [5.41, 5.74) is 4.66. The van der Waals surface area contributed by atoms with Gasteiger partial charge in [-0.1, -0.05) is 37.1 Å². The van der Waals surface area contributed by atoms with Gasteiger partial charge >= 0.3 is 0 Å². The summed E-state index contributed by atoms with van der Waals surface area (Å²) in [6.45, 7) is 8.20. The Hall–Kier alpha value is -1.41. The highest BCUT2D eigenvalue weighted by Crippen LogP contribution is 2.33. The van der Waals surface area contributed by atoms with Crippen LogP contribution in [0.15, 0.2) is 12.1 Å². The van der Waals surface area contributed by atoms with E-state index in [0.29, 0.717) is 10.7 Å². The maximum atomic E-state index is 11.2.